The highest BCUT2D eigenvalue weighted by Gasteiger charge is 2.23. The van der Waals surface area contributed by atoms with Crippen LogP contribution in [0.5, 0.6) is 0 Å². The van der Waals surface area contributed by atoms with Gasteiger partial charge in [0.2, 0.25) is 6.35 Å². The van der Waals surface area contributed by atoms with Gasteiger partial charge >= 0.3 is 0 Å². The van der Waals surface area contributed by atoms with Gasteiger partial charge in [-0.05, 0) is 0 Å². The minimum absolute atomic E-state index is 0.0625. The molecule has 0 aliphatic carbocycles. The predicted molar refractivity (Wildman–Crippen MR) is 29.2 cm³/mol. The van der Waals surface area contributed by atoms with E-state index in [0.717, 1.165) is 0 Å². The second-order valence-corrected chi connectivity index (χ2v) is 3.94. The fraction of sp³-hybridized carbons (Fsp3) is 1.00. The lowest BCUT2D eigenvalue weighted by Crippen LogP contribution is -1.94. The Labute approximate surface area is 43.4 Å². The summed E-state index contributed by atoms with van der Waals surface area (Å²) in [5.41, 5.74) is 0. The summed E-state index contributed by atoms with van der Waals surface area (Å²) in [6.07, 6.45) is 0.0625. The third-order valence-electron chi connectivity index (χ3n) is 0.374. The molecule has 0 heterocycles. The minimum Gasteiger partial charge on any atom is -0.345 e. The van der Waals surface area contributed by atoms with Crippen LogP contribution in [0.4, 0.5) is 0 Å². The summed E-state index contributed by atoms with van der Waals surface area (Å²) in [7, 11) is -1.20. The van der Waals surface area contributed by atoms with Crippen molar-refractivity contribution >= 4 is 7.72 Å². The van der Waals surface area contributed by atoms with Crippen LogP contribution < -0.4 is 0 Å². The highest BCUT2D eigenvalue weighted by molar-refractivity contribution is 7.63. The van der Waals surface area contributed by atoms with Gasteiger partial charge in [-0.3, -0.25) is 0 Å². The number of hydrogen-bond donors (Lipinski definition) is 2. The van der Waals surface area contributed by atoms with E-state index in [1.165, 1.54) is 13.8 Å². The van der Waals surface area contributed by atoms with Crippen molar-refractivity contribution in [3.8, 4) is 0 Å². The standard InChI is InChI=1S/C3H10O3P/c1-6-3-7(2,4)5/h4-5H,3H2,1-2H3/q+1. The fourth-order valence-corrected chi connectivity index (χ4v) is 0.734. The lowest BCUT2D eigenvalue weighted by atomic mass is 11.5. The number of rotatable bonds is 2. The summed E-state index contributed by atoms with van der Waals surface area (Å²) in [6, 6.07) is 0. The van der Waals surface area contributed by atoms with Crippen molar-refractivity contribution in [3.63, 3.8) is 0 Å². The molecule has 0 saturated heterocycles. The molecule has 3 nitrogen and oxygen atoms in total. The molecule has 7 heavy (non-hydrogen) atoms. The zero-order valence-corrected chi connectivity index (χ0v) is 5.35. The molecule has 0 aromatic carbocycles. The SMILES string of the molecule is COC[P+](C)(O)O. The minimum atomic E-state index is -2.64. The van der Waals surface area contributed by atoms with E-state index in [1.807, 2.05) is 0 Å². The monoisotopic (exact) mass is 125 g/mol. The molecule has 0 aliphatic rings. The Morgan fingerprint density at radius 1 is 1.57 bits per heavy atom. The van der Waals surface area contributed by atoms with E-state index < -0.39 is 7.72 Å². The van der Waals surface area contributed by atoms with E-state index in [1.54, 1.807) is 0 Å². The van der Waals surface area contributed by atoms with Crippen LogP contribution in [0.1, 0.15) is 0 Å². The quantitative estimate of drug-likeness (QED) is 0.513. The van der Waals surface area contributed by atoms with Gasteiger partial charge in [0.05, 0.1) is 0 Å². The zero-order valence-electron chi connectivity index (χ0n) is 4.46. The second-order valence-electron chi connectivity index (χ2n) is 1.51. The molecule has 0 radical (unpaired) electrons. The van der Waals surface area contributed by atoms with Crippen molar-refractivity contribution in [2.24, 2.45) is 0 Å². The summed E-state index contributed by atoms with van der Waals surface area (Å²) in [6.45, 7) is 1.37. The fourth-order valence-electron chi connectivity index (χ4n) is 0.245. The Bertz CT molecular complexity index is 48.6. The summed E-state index contributed by atoms with van der Waals surface area (Å²) in [4.78, 5) is 17.1. The molecule has 0 saturated carbocycles. The predicted octanol–water partition coefficient (Wildman–Crippen LogP) is 0.0523. The highest BCUT2D eigenvalue weighted by atomic mass is 31.2. The average Bonchev–Trinajstić information content (AvgIpc) is 1.30. The largest absolute Gasteiger partial charge is 0.345 e. The first-order chi connectivity index (χ1) is 3.06. The molecule has 0 bridgehead atoms. The van der Waals surface area contributed by atoms with Gasteiger partial charge < -0.3 is 4.74 Å². The van der Waals surface area contributed by atoms with E-state index in [4.69, 9.17) is 9.79 Å². The maximum atomic E-state index is 8.56. The van der Waals surface area contributed by atoms with Crippen LogP contribution in [0.3, 0.4) is 0 Å². The molecule has 0 amide bonds. The Morgan fingerprint density at radius 3 is 2.00 bits per heavy atom. The molecular formula is C3H10O3P+. The molecule has 0 rings (SSSR count). The van der Waals surface area contributed by atoms with Crippen LogP contribution in [0.25, 0.3) is 0 Å². The first kappa shape index (κ1) is 7.31. The lowest BCUT2D eigenvalue weighted by molar-refractivity contribution is 0.230. The maximum Gasteiger partial charge on any atom is 0.290 e. The van der Waals surface area contributed by atoms with Gasteiger partial charge in [0.15, 0.2) is 0 Å². The van der Waals surface area contributed by atoms with Crippen LogP contribution in [0.15, 0.2) is 0 Å². The lowest BCUT2D eigenvalue weighted by Gasteiger charge is -2.02. The first-order valence-corrected chi connectivity index (χ1v) is 4.19. The molecule has 0 spiro atoms. The first-order valence-electron chi connectivity index (χ1n) is 1.86. The molecular weight excluding hydrogens is 115 g/mol. The van der Waals surface area contributed by atoms with Crippen LogP contribution in [-0.2, 0) is 4.74 Å². The number of methoxy groups -OCH3 is 1. The normalized spacial score (nSPS) is 12.0. The molecule has 4 heteroatoms. The topological polar surface area (TPSA) is 49.7 Å². The summed E-state index contributed by atoms with van der Waals surface area (Å²) in [5.74, 6) is 0. The maximum absolute atomic E-state index is 8.56. The van der Waals surface area contributed by atoms with Crippen molar-refractivity contribution in [1.82, 2.24) is 0 Å². The van der Waals surface area contributed by atoms with E-state index >= 15 is 0 Å². The van der Waals surface area contributed by atoms with Gasteiger partial charge in [-0.15, -0.1) is 0 Å². The Hall–Kier alpha value is 0.310. The van der Waals surface area contributed by atoms with Gasteiger partial charge in [-0.25, -0.2) is 9.79 Å². The smallest absolute Gasteiger partial charge is 0.290 e. The van der Waals surface area contributed by atoms with Crippen molar-refractivity contribution in [1.29, 1.82) is 0 Å². The highest BCUT2D eigenvalue weighted by Crippen LogP contribution is 2.44. The molecule has 2 N–H and O–H groups in total. The van der Waals surface area contributed by atoms with Crippen LogP contribution in [-0.4, -0.2) is 29.9 Å². The van der Waals surface area contributed by atoms with Crippen LogP contribution in [0, 0.1) is 0 Å². The van der Waals surface area contributed by atoms with E-state index in [0.29, 0.717) is 0 Å². The van der Waals surface area contributed by atoms with Gasteiger partial charge in [0.25, 0.3) is 7.72 Å². The molecule has 0 aliphatic heterocycles. The summed E-state index contributed by atoms with van der Waals surface area (Å²) >= 11 is 0. The number of ether oxygens (including phenoxy) is 1. The Balaban J connectivity index is 3.15. The Kier molecular flexibility index (Phi) is 2.69. The van der Waals surface area contributed by atoms with Gasteiger partial charge in [-0.2, -0.15) is 0 Å². The third kappa shape index (κ3) is 6.31. The molecule has 0 aromatic heterocycles. The van der Waals surface area contributed by atoms with E-state index in [2.05, 4.69) is 4.74 Å². The summed E-state index contributed by atoms with van der Waals surface area (Å²) < 4.78 is 4.46. The molecule has 0 fully saturated rings. The van der Waals surface area contributed by atoms with Crippen LogP contribution in [0.2, 0.25) is 0 Å². The van der Waals surface area contributed by atoms with Crippen LogP contribution >= 0.6 is 7.72 Å². The molecule has 0 atom stereocenters. The van der Waals surface area contributed by atoms with Crippen molar-refractivity contribution in [2.75, 3.05) is 20.1 Å². The van der Waals surface area contributed by atoms with Gasteiger partial charge in [0, 0.05) is 7.11 Å². The molecule has 44 valence electrons. The van der Waals surface area contributed by atoms with Gasteiger partial charge in [-0.1, -0.05) is 0 Å². The van der Waals surface area contributed by atoms with E-state index in [9.17, 15) is 0 Å². The van der Waals surface area contributed by atoms with Crippen molar-refractivity contribution in [2.45, 2.75) is 0 Å². The van der Waals surface area contributed by atoms with Crippen molar-refractivity contribution in [3.05, 3.63) is 0 Å². The van der Waals surface area contributed by atoms with E-state index in [-0.39, 0.29) is 6.35 Å². The third-order valence-corrected chi connectivity index (χ3v) is 1.12. The average molecular weight is 125 g/mol. The molecule has 0 aromatic rings. The molecule has 0 unspecified atom stereocenters. The summed E-state index contributed by atoms with van der Waals surface area (Å²) in [5, 5.41) is 0. The van der Waals surface area contributed by atoms with Gasteiger partial charge in [0.1, 0.15) is 6.66 Å². The number of hydrogen-bond acceptors (Lipinski definition) is 3. The van der Waals surface area contributed by atoms with Crippen molar-refractivity contribution < 1.29 is 14.5 Å². The second kappa shape index (κ2) is 2.58. The zero-order chi connectivity index (χ0) is 5.91. The Morgan fingerprint density at radius 2 is 2.00 bits per heavy atom.